The number of nitrogens with two attached hydrogens (primary N) is 1. The molecule has 3 rings (SSSR count). The van der Waals surface area contributed by atoms with Crippen molar-refractivity contribution in [3.05, 3.63) is 53.9 Å². The van der Waals surface area contributed by atoms with E-state index in [0.717, 1.165) is 16.6 Å². The lowest BCUT2D eigenvalue weighted by molar-refractivity contribution is -0.119. The Kier molecular flexibility index (Phi) is 5.23. The van der Waals surface area contributed by atoms with Crippen LogP contribution >= 0.6 is 0 Å². The predicted molar refractivity (Wildman–Crippen MR) is 106 cm³/mol. The Labute approximate surface area is 157 Å². The van der Waals surface area contributed by atoms with Gasteiger partial charge in [0.15, 0.2) is 0 Å². The highest BCUT2D eigenvalue weighted by atomic mass is 16.5. The number of anilines is 2. The van der Waals surface area contributed by atoms with Gasteiger partial charge in [0, 0.05) is 28.3 Å². The fraction of sp³-hybridized carbons (Fsp3) is 0.190. The molecule has 2 aromatic carbocycles. The second kappa shape index (κ2) is 7.75. The number of aromatic nitrogens is 2. The highest BCUT2D eigenvalue weighted by Crippen LogP contribution is 2.34. The van der Waals surface area contributed by atoms with Gasteiger partial charge < -0.3 is 15.8 Å². The van der Waals surface area contributed by atoms with Crippen LogP contribution in [-0.2, 0) is 4.79 Å². The maximum Gasteiger partial charge on any atom is 0.224 e. The minimum absolute atomic E-state index is 0.427. The topological polar surface area (TPSA) is 90.1 Å². The number of terminal acetylenes is 1. The minimum Gasteiger partial charge on any atom is -0.493 e. The van der Waals surface area contributed by atoms with Crippen molar-refractivity contribution in [2.45, 2.75) is 19.8 Å². The van der Waals surface area contributed by atoms with E-state index < -0.39 is 11.8 Å². The molecule has 0 aliphatic heterocycles. The van der Waals surface area contributed by atoms with Gasteiger partial charge in [-0.05, 0) is 38.1 Å². The standard InChI is InChI=1S/C21H20N4O2/c1-4-14-7-6-8-15(9-14)25-21-17-10-16(13(3)20(22)26)19(27-5-2)11-18(17)23-12-24-21/h1,6-13H,5H2,2-3H3,(H2,22,26)(H,23,24,25). The van der Waals surface area contributed by atoms with Crippen molar-refractivity contribution < 1.29 is 9.53 Å². The normalized spacial score (nSPS) is 11.6. The fourth-order valence-corrected chi connectivity index (χ4v) is 2.80. The average Bonchev–Trinajstić information content (AvgIpc) is 2.67. The number of fused-ring (bicyclic) bond motifs is 1. The number of benzene rings is 2. The number of rotatable bonds is 6. The summed E-state index contributed by atoms with van der Waals surface area (Å²) < 4.78 is 5.69. The number of primary amides is 1. The van der Waals surface area contributed by atoms with Crippen LogP contribution in [-0.4, -0.2) is 22.5 Å². The Hall–Kier alpha value is -3.59. The van der Waals surface area contributed by atoms with Crippen LogP contribution in [0.15, 0.2) is 42.7 Å². The third kappa shape index (κ3) is 3.82. The van der Waals surface area contributed by atoms with Crippen molar-refractivity contribution in [1.82, 2.24) is 9.97 Å². The Morgan fingerprint density at radius 1 is 1.33 bits per heavy atom. The average molecular weight is 360 g/mol. The van der Waals surface area contributed by atoms with Crippen molar-refractivity contribution in [3.63, 3.8) is 0 Å². The predicted octanol–water partition coefficient (Wildman–Crippen LogP) is 3.34. The first-order valence-electron chi connectivity index (χ1n) is 8.58. The van der Waals surface area contributed by atoms with Crippen LogP contribution in [0.1, 0.15) is 30.9 Å². The van der Waals surface area contributed by atoms with E-state index in [2.05, 4.69) is 21.2 Å². The number of carbonyl (C=O) groups excluding carboxylic acids is 1. The molecule has 1 heterocycles. The van der Waals surface area contributed by atoms with Gasteiger partial charge in [-0.2, -0.15) is 0 Å². The summed E-state index contributed by atoms with van der Waals surface area (Å²) in [5.74, 6) is 2.87. The van der Waals surface area contributed by atoms with Crippen molar-refractivity contribution in [1.29, 1.82) is 0 Å². The summed E-state index contributed by atoms with van der Waals surface area (Å²) in [5.41, 5.74) is 8.48. The summed E-state index contributed by atoms with van der Waals surface area (Å²) >= 11 is 0. The lowest BCUT2D eigenvalue weighted by Gasteiger charge is -2.16. The molecule has 6 nitrogen and oxygen atoms in total. The largest absolute Gasteiger partial charge is 0.493 e. The van der Waals surface area contributed by atoms with Crippen LogP contribution in [0.5, 0.6) is 5.75 Å². The zero-order valence-electron chi connectivity index (χ0n) is 15.2. The van der Waals surface area contributed by atoms with Crippen LogP contribution in [0.25, 0.3) is 10.9 Å². The van der Waals surface area contributed by atoms with Gasteiger partial charge >= 0.3 is 0 Å². The Bertz CT molecular complexity index is 1040. The van der Waals surface area contributed by atoms with Crippen molar-refractivity contribution in [2.24, 2.45) is 5.73 Å². The van der Waals surface area contributed by atoms with Gasteiger partial charge in [0.25, 0.3) is 0 Å². The van der Waals surface area contributed by atoms with E-state index in [0.29, 0.717) is 29.3 Å². The van der Waals surface area contributed by atoms with Crippen LogP contribution < -0.4 is 15.8 Å². The molecule has 27 heavy (non-hydrogen) atoms. The van der Waals surface area contributed by atoms with Crippen LogP contribution in [0.4, 0.5) is 11.5 Å². The van der Waals surface area contributed by atoms with E-state index in [1.807, 2.05) is 37.3 Å². The molecule has 1 amide bonds. The molecule has 3 aromatic rings. The smallest absolute Gasteiger partial charge is 0.224 e. The van der Waals surface area contributed by atoms with Gasteiger partial charge in [-0.15, -0.1) is 6.42 Å². The number of hydrogen-bond donors (Lipinski definition) is 2. The van der Waals surface area contributed by atoms with Crippen molar-refractivity contribution in [3.8, 4) is 18.1 Å². The zero-order chi connectivity index (χ0) is 19.4. The van der Waals surface area contributed by atoms with Gasteiger partial charge in [-0.25, -0.2) is 9.97 Å². The monoisotopic (exact) mass is 360 g/mol. The van der Waals surface area contributed by atoms with E-state index in [-0.39, 0.29) is 0 Å². The van der Waals surface area contributed by atoms with Crippen LogP contribution in [0, 0.1) is 12.3 Å². The van der Waals surface area contributed by atoms with E-state index in [9.17, 15) is 4.79 Å². The minimum atomic E-state index is -0.506. The molecule has 1 unspecified atom stereocenters. The highest BCUT2D eigenvalue weighted by Gasteiger charge is 2.19. The SMILES string of the molecule is C#Cc1cccc(Nc2ncnc3cc(OCC)c(C(C)C(N)=O)cc23)c1. The van der Waals surface area contributed by atoms with Gasteiger partial charge in [0.2, 0.25) is 5.91 Å². The maximum absolute atomic E-state index is 11.7. The molecule has 0 saturated heterocycles. The van der Waals surface area contributed by atoms with Gasteiger partial charge in [0.1, 0.15) is 17.9 Å². The molecular weight excluding hydrogens is 340 g/mol. The molecule has 0 bridgehead atoms. The number of hydrogen-bond acceptors (Lipinski definition) is 5. The molecule has 0 spiro atoms. The second-order valence-corrected chi connectivity index (χ2v) is 6.04. The Morgan fingerprint density at radius 3 is 2.85 bits per heavy atom. The molecule has 0 radical (unpaired) electrons. The van der Waals surface area contributed by atoms with E-state index >= 15 is 0 Å². The molecule has 136 valence electrons. The van der Waals surface area contributed by atoms with E-state index in [4.69, 9.17) is 16.9 Å². The number of nitrogens with zero attached hydrogens (tertiary/aromatic N) is 2. The van der Waals surface area contributed by atoms with Crippen molar-refractivity contribution in [2.75, 3.05) is 11.9 Å². The maximum atomic E-state index is 11.7. The molecule has 6 heteroatoms. The summed E-state index contributed by atoms with van der Waals surface area (Å²) in [6.45, 7) is 4.10. The van der Waals surface area contributed by atoms with Crippen LogP contribution in [0.2, 0.25) is 0 Å². The third-order valence-corrected chi connectivity index (χ3v) is 4.25. The van der Waals surface area contributed by atoms with E-state index in [1.165, 1.54) is 6.33 Å². The van der Waals surface area contributed by atoms with Gasteiger partial charge in [-0.1, -0.05) is 12.0 Å². The summed E-state index contributed by atoms with van der Waals surface area (Å²) in [4.78, 5) is 20.4. The zero-order valence-corrected chi connectivity index (χ0v) is 15.2. The van der Waals surface area contributed by atoms with Crippen molar-refractivity contribution >= 4 is 28.3 Å². The Balaban J connectivity index is 2.12. The van der Waals surface area contributed by atoms with Crippen LogP contribution in [0.3, 0.4) is 0 Å². The second-order valence-electron chi connectivity index (χ2n) is 6.04. The molecule has 3 N–H and O–H groups in total. The van der Waals surface area contributed by atoms with Gasteiger partial charge in [0.05, 0.1) is 18.0 Å². The summed E-state index contributed by atoms with van der Waals surface area (Å²) in [6.07, 6.45) is 6.94. The lowest BCUT2D eigenvalue weighted by Crippen LogP contribution is -2.19. The highest BCUT2D eigenvalue weighted by molar-refractivity contribution is 5.94. The number of carbonyl (C=O) groups is 1. The van der Waals surface area contributed by atoms with E-state index in [1.54, 1.807) is 13.0 Å². The fourth-order valence-electron chi connectivity index (χ4n) is 2.80. The molecule has 0 aliphatic carbocycles. The first kappa shape index (κ1) is 18.2. The third-order valence-electron chi connectivity index (χ3n) is 4.25. The molecular formula is C21H20N4O2. The number of ether oxygens (including phenoxy) is 1. The quantitative estimate of drug-likeness (QED) is 0.658. The molecule has 0 fully saturated rings. The first-order valence-corrected chi connectivity index (χ1v) is 8.58. The lowest BCUT2D eigenvalue weighted by atomic mass is 9.97. The Morgan fingerprint density at radius 2 is 2.15 bits per heavy atom. The van der Waals surface area contributed by atoms with Gasteiger partial charge in [-0.3, -0.25) is 4.79 Å². The number of amides is 1. The molecule has 1 atom stereocenters. The summed E-state index contributed by atoms with van der Waals surface area (Å²) in [7, 11) is 0. The number of nitrogens with one attached hydrogen (secondary N) is 1. The molecule has 1 aromatic heterocycles. The molecule has 0 saturated carbocycles. The summed E-state index contributed by atoms with van der Waals surface area (Å²) in [5, 5.41) is 4.02. The molecule has 0 aliphatic rings. The summed E-state index contributed by atoms with van der Waals surface area (Å²) in [6, 6.07) is 11.1. The first-order chi connectivity index (χ1) is 13.0.